The van der Waals surface area contributed by atoms with E-state index in [1.54, 1.807) is 6.20 Å². The first-order valence-corrected chi connectivity index (χ1v) is 11.5. The van der Waals surface area contributed by atoms with E-state index in [4.69, 9.17) is 0 Å². The monoisotopic (exact) mass is 391 g/mol. The van der Waals surface area contributed by atoms with Gasteiger partial charge in [-0.15, -0.1) is 0 Å². The third-order valence-electron chi connectivity index (χ3n) is 7.76. The second kappa shape index (κ2) is 7.71. The van der Waals surface area contributed by atoms with E-state index >= 15 is 0 Å². The number of aromatic nitrogens is 1. The van der Waals surface area contributed by atoms with Crippen molar-refractivity contribution in [2.75, 3.05) is 20.1 Å². The molecule has 1 heterocycles. The van der Waals surface area contributed by atoms with Crippen LogP contribution in [-0.2, 0) is 6.42 Å². The van der Waals surface area contributed by atoms with E-state index < -0.39 is 0 Å². The number of hydrogen-bond donors (Lipinski definition) is 2. The predicted molar refractivity (Wildman–Crippen MR) is 117 cm³/mol. The van der Waals surface area contributed by atoms with Crippen molar-refractivity contribution in [1.82, 2.24) is 15.6 Å². The van der Waals surface area contributed by atoms with Gasteiger partial charge in [-0.3, -0.25) is 9.78 Å². The summed E-state index contributed by atoms with van der Waals surface area (Å²) in [7, 11) is 1.98. The Bertz CT molecular complexity index is 871. The van der Waals surface area contributed by atoms with Crippen LogP contribution >= 0.6 is 0 Å². The summed E-state index contributed by atoms with van der Waals surface area (Å²) in [6.07, 6.45) is 12.1. The Morgan fingerprint density at radius 1 is 1.10 bits per heavy atom. The van der Waals surface area contributed by atoms with Gasteiger partial charge >= 0.3 is 0 Å². The van der Waals surface area contributed by atoms with Gasteiger partial charge in [0, 0.05) is 18.1 Å². The third-order valence-corrected chi connectivity index (χ3v) is 7.76. The van der Waals surface area contributed by atoms with E-state index in [0.717, 1.165) is 60.2 Å². The van der Waals surface area contributed by atoms with E-state index in [-0.39, 0.29) is 5.91 Å². The third kappa shape index (κ3) is 3.68. The number of benzene rings is 1. The van der Waals surface area contributed by atoms with E-state index in [1.807, 2.05) is 19.2 Å². The van der Waals surface area contributed by atoms with Crippen molar-refractivity contribution in [3.8, 4) is 0 Å². The van der Waals surface area contributed by atoms with E-state index in [0.29, 0.717) is 5.41 Å². The highest BCUT2D eigenvalue weighted by Crippen LogP contribution is 2.59. The SMILES string of the molecule is CNCCCc1cccc2c(C(=O)NCC34CC5CC(CC(C5)C3)C4)ccnc12. The molecule has 4 nitrogen and oxygen atoms in total. The van der Waals surface area contributed by atoms with Crippen LogP contribution in [0.25, 0.3) is 10.9 Å². The van der Waals surface area contributed by atoms with Crippen molar-refractivity contribution in [3.05, 3.63) is 41.6 Å². The number of para-hydroxylation sites is 1. The fourth-order valence-corrected chi connectivity index (χ4v) is 6.96. The summed E-state index contributed by atoms with van der Waals surface area (Å²) in [6, 6.07) is 8.13. The Labute approximate surface area is 173 Å². The Balaban J connectivity index is 1.33. The number of amides is 1. The lowest BCUT2D eigenvalue weighted by molar-refractivity contribution is -0.0503. The molecule has 4 aliphatic carbocycles. The van der Waals surface area contributed by atoms with Gasteiger partial charge in [0.2, 0.25) is 0 Å². The van der Waals surface area contributed by atoms with E-state index in [2.05, 4.69) is 27.8 Å². The van der Waals surface area contributed by atoms with Crippen molar-refractivity contribution >= 4 is 16.8 Å². The molecule has 4 fully saturated rings. The van der Waals surface area contributed by atoms with Gasteiger partial charge in [-0.1, -0.05) is 18.2 Å². The molecule has 0 atom stereocenters. The van der Waals surface area contributed by atoms with Crippen LogP contribution < -0.4 is 10.6 Å². The molecule has 0 unspecified atom stereocenters. The van der Waals surface area contributed by atoms with E-state index in [9.17, 15) is 4.79 Å². The molecule has 1 aromatic heterocycles. The maximum atomic E-state index is 13.2. The summed E-state index contributed by atoms with van der Waals surface area (Å²) < 4.78 is 0. The van der Waals surface area contributed by atoms with Crippen LogP contribution in [0.15, 0.2) is 30.5 Å². The van der Waals surface area contributed by atoms with Crippen molar-refractivity contribution < 1.29 is 4.79 Å². The van der Waals surface area contributed by atoms with E-state index in [1.165, 1.54) is 44.1 Å². The number of hydrogen-bond acceptors (Lipinski definition) is 3. The molecule has 4 saturated carbocycles. The highest BCUT2D eigenvalue weighted by Gasteiger charge is 2.50. The second-order valence-corrected chi connectivity index (χ2v) is 9.98. The van der Waals surface area contributed by atoms with Crippen LogP contribution in [0.3, 0.4) is 0 Å². The fourth-order valence-electron chi connectivity index (χ4n) is 6.96. The number of carbonyl (C=O) groups excluding carboxylic acids is 1. The molecule has 0 saturated heterocycles. The maximum absolute atomic E-state index is 13.2. The summed E-state index contributed by atoms with van der Waals surface area (Å²) in [5, 5.41) is 7.53. The summed E-state index contributed by atoms with van der Waals surface area (Å²) in [5.41, 5.74) is 3.35. The van der Waals surface area contributed by atoms with Gasteiger partial charge in [0.05, 0.1) is 11.1 Å². The Kier molecular flexibility index (Phi) is 5.07. The molecule has 4 bridgehead atoms. The molecule has 2 N–H and O–H groups in total. The standard InChI is InChI=1S/C25H33N3O/c1-26-8-3-5-20-4-2-6-21-22(7-9-27-23(20)21)24(29)28-16-25-13-17-10-18(14-25)12-19(11-17)15-25/h2,4,6-7,9,17-19,26H,3,5,8,10-16H2,1H3,(H,28,29). The van der Waals surface area contributed by atoms with Crippen LogP contribution in [0, 0.1) is 23.2 Å². The lowest BCUT2D eigenvalue weighted by Gasteiger charge is -2.56. The van der Waals surface area contributed by atoms with Crippen molar-refractivity contribution in [2.45, 2.75) is 51.4 Å². The zero-order chi connectivity index (χ0) is 19.8. The molecule has 2 aromatic rings. The first-order valence-electron chi connectivity index (χ1n) is 11.5. The summed E-state index contributed by atoms with van der Waals surface area (Å²) in [4.78, 5) is 17.8. The molecule has 4 heteroatoms. The highest BCUT2D eigenvalue weighted by atomic mass is 16.1. The second-order valence-electron chi connectivity index (χ2n) is 9.98. The zero-order valence-corrected chi connectivity index (χ0v) is 17.5. The molecular weight excluding hydrogens is 358 g/mol. The predicted octanol–water partition coefficient (Wildman–Crippen LogP) is 4.33. The average molecular weight is 392 g/mol. The number of rotatable bonds is 7. The van der Waals surface area contributed by atoms with Crippen molar-refractivity contribution in [3.63, 3.8) is 0 Å². The fraction of sp³-hybridized carbons (Fsp3) is 0.600. The summed E-state index contributed by atoms with van der Waals surface area (Å²) >= 11 is 0. The molecule has 154 valence electrons. The van der Waals surface area contributed by atoms with Crippen molar-refractivity contribution in [2.24, 2.45) is 23.2 Å². The van der Waals surface area contributed by atoms with Crippen LogP contribution in [0.4, 0.5) is 0 Å². The van der Waals surface area contributed by atoms with Gasteiger partial charge in [0.1, 0.15) is 0 Å². The smallest absolute Gasteiger partial charge is 0.252 e. The minimum Gasteiger partial charge on any atom is -0.351 e. The molecule has 4 aliphatic rings. The van der Waals surface area contributed by atoms with Crippen molar-refractivity contribution in [1.29, 1.82) is 0 Å². The molecule has 1 amide bonds. The zero-order valence-electron chi connectivity index (χ0n) is 17.5. The number of pyridine rings is 1. The van der Waals surface area contributed by atoms with Gasteiger partial charge in [0.15, 0.2) is 0 Å². The Hall–Kier alpha value is -1.94. The molecule has 0 aliphatic heterocycles. The number of carbonyl (C=O) groups is 1. The largest absolute Gasteiger partial charge is 0.351 e. The van der Waals surface area contributed by atoms with Gasteiger partial charge < -0.3 is 10.6 Å². The van der Waals surface area contributed by atoms with Crippen LogP contribution in [0.5, 0.6) is 0 Å². The van der Waals surface area contributed by atoms with Crippen LogP contribution in [0.2, 0.25) is 0 Å². The minimum atomic E-state index is 0.0699. The maximum Gasteiger partial charge on any atom is 0.252 e. The molecule has 0 radical (unpaired) electrons. The average Bonchev–Trinajstić information content (AvgIpc) is 2.71. The Morgan fingerprint density at radius 3 is 2.52 bits per heavy atom. The molecule has 0 spiro atoms. The van der Waals surface area contributed by atoms with Gasteiger partial charge in [-0.2, -0.15) is 0 Å². The highest BCUT2D eigenvalue weighted by molar-refractivity contribution is 6.06. The number of aryl methyl sites for hydroxylation is 1. The minimum absolute atomic E-state index is 0.0699. The number of nitrogens with one attached hydrogen (secondary N) is 2. The Morgan fingerprint density at radius 2 is 1.83 bits per heavy atom. The number of nitrogens with zero attached hydrogens (tertiary/aromatic N) is 1. The lowest BCUT2D eigenvalue weighted by Crippen LogP contribution is -2.51. The van der Waals surface area contributed by atoms with Crippen LogP contribution in [0.1, 0.15) is 60.9 Å². The summed E-state index contributed by atoms with van der Waals surface area (Å²) in [5.74, 6) is 2.82. The van der Waals surface area contributed by atoms with Gasteiger partial charge in [-0.05, 0) is 99.8 Å². The van der Waals surface area contributed by atoms with Gasteiger partial charge in [0.25, 0.3) is 5.91 Å². The molecule has 29 heavy (non-hydrogen) atoms. The molecule has 1 aromatic carbocycles. The molecular formula is C25H33N3O. The topological polar surface area (TPSA) is 54.0 Å². The number of fused-ring (bicyclic) bond motifs is 1. The first-order chi connectivity index (χ1) is 14.2. The molecule has 6 rings (SSSR count). The quantitative estimate of drug-likeness (QED) is 0.691. The normalized spacial score (nSPS) is 30.0. The first kappa shape index (κ1) is 19.0. The lowest BCUT2D eigenvalue weighted by atomic mass is 9.49. The van der Waals surface area contributed by atoms with Gasteiger partial charge in [-0.25, -0.2) is 0 Å². The van der Waals surface area contributed by atoms with Crippen LogP contribution in [-0.4, -0.2) is 31.0 Å². The summed E-state index contributed by atoms with van der Waals surface area (Å²) in [6.45, 7) is 1.84.